The Hall–Kier alpha value is -0.130. The van der Waals surface area contributed by atoms with Crippen LogP contribution in [0.15, 0.2) is 24.3 Å². The maximum Gasteiger partial charge on any atom is 0.0279 e. The third-order valence-electron chi connectivity index (χ3n) is 3.89. The second-order valence-corrected chi connectivity index (χ2v) is 6.53. The summed E-state index contributed by atoms with van der Waals surface area (Å²) in [6, 6.07) is 9.19. The number of halogens is 1. The maximum atomic E-state index is 5.72. The molecule has 1 aromatic rings. The quantitative estimate of drug-likeness (QED) is 0.500. The third-order valence-corrected chi connectivity index (χ3v) is 4.61. The molecule has 1 fully saturated rings. The van der Waals surface area contributed by atoms with Crippen LogP contribution in [0.25, 0.3) is 0 Å². The lowest BCUT2D eigenvalue weighted by atomic mass is 9.92. The average molecular weight is 344 g/mol. The smallest absolute Gasteiger partial charge is 0.0279 e. The van der Waals surface area contributed by atoms with E-state index in [0.29, 0.717) is 6.04 Å². The number of hydrogen-bond acceptors (Lipinski definition) is 2. The van der Waals surface area contributed by atoms with E-state index in [1.807, 2.05) is 0 Å². The molecule has 0 bridgehead atoms. The van der Waals surface area contributed by atoms with E-state index in [1.54, 1.807) is 0 Å². The van der Waals surface area contributed by atoms with Crippen molar-refractivity contribution in [3.8, 4) is 0 Å². The van der Waals surface area contributed by atoms with Crippen LogP contribution >= 0.6 is 22.6 Å². The van der Waals surface area contributed by atoms with E-state index in [2.05, 4.69) is 59.2 Å². The molecule has 1 aromatic carbocycles. The van der Waals surface area contributed by atoms with E-state index in [9.17, 15) is 0 Å². The van der Waals surface area contributed by atoms with Gasteiger partial charge in [-0.25, -0.2) is 0 Å². The van der Waals surface area contributed by atoms with Gasteiger partial charge in [0, 0.05) is 9.61 Å². The Labute approximate surface area is 117 Å². The standard InChI is InChI=1S/C14H21IN2/c1-10-2-5-12(8-10)14(17-16)9-11-3-6-13(15)7-4-11/h3-4,6-7,10,12,14,17H,2,5,8-9,16H2,1H3. The lowest BCUT2D eigenvalue weighted by molar-refractivity contribution is 0.353. The summed E-state index contributed by atoms with van der Waals surface area (Å²) in [7, 11) is 0. The Kier molecular flexibility index (Phi) is 4.82. The summed E-state index contributed by atoms with van der Waals surface area (Å²) in [5.74, 6) is 7.34. The Morgan fingerprint density at radius 3 is 2.59 bits per heavy atom. The Bertz CT molecular complexity index is 350. The van der Waals surface area contributed by atoms with Gasteiger partial charge in [-0.1, -0.05) is 25.5 Å². The summed E-state index contributed by atoms with van der Waals surface area (Å²) >= 11 is 2.34. The van der Waals surface area contributed by atoms with Crippen LogP contribution in [0.2, 0.25) is 0 Å². The third kappa shape index (κ3) is 3.66. The summed E-state index contributed by atoms with van der Waals surface area (Å²) in [5.41, 5.74) is 4.41. The number of nitrogens with one attached hydrogen (secondary N) is 1. The van der Waals surface area contributed by atoms with Crippen molar-refractivity contribution in [1.29, 1.82) is 0 Å². The lowest BCUT2D eigenvalue weighted by Gasteiger charge is -2.23. The number of hydrazine groups is 1. The molecule has 3 unspecified atom stereocenters. The van der Waals surface area contributed by atoms with Crippen molar-refractivity contribution in [1.82, 2.24) is 5.43 Å². The van der Waals surface area contributed by atoms with Gasteiger partial charge in [-0.2, -0.15) is 0 Å². The molecule has 0 radical (unpaired) electrons. The summed E-state index contributed by atoms with van der Waals surface area (Å²) in [5, 5.41) is 0. The summed E-state index contributed by atoms with van der Waals surface area (Å²) in [6.45, 7) is 2.35. The molecule has 3 heteroatoms. The van der Waals surface area contributed by atoms with Crippen molar-refractivity contribution in [2.75, 3.05) is 0 Å². The van der Waals surface area contributed by atoms with Crippen LogP contribution < -0.4 is 11.3 Å². The predicted octanol–water partition coefficient (Wildman–Crippen LogP) is 3.10. The van der Waals surface area contributed by atoms with Crippen LogP contribution in [-0.2, 0) is 6.42 Å². The molecule has 0 aromatic heterocycles. The van der Waals surface area contributed by atoms with Crippen LogP contribution in [0.1, 0.15) is 31.7 Å². The minimum absolute atomic E-state index is 0.431. The Morgan fingerprint density at radius 2 is 2.06 bits per heavy atom. The first kappa shape index (κ1) is 13.3. The van der Waals surface area contributed by atoms with Crippen LogP contribution in [0, 0.1) is 15.4 Å². The molecule has 0 spiro atoms. The lowest BCUT2D eigenvalue weighted by Crippen LogP contribution is -2.41. The van der Waals surface area contributed by atoms with Gasteiger partial charge in [-0.05, 0) is 71.4 Å². The zero-order valence-corrected chi connectivity index (χ0v) is 12.5. The number of nitrogens with two attached hydrogens (primary N) is 1. The highest BCUT2D eigenvalue weighted by molar-refractivity contribution is 14.1. The average Bonchev–Trinajstić information content (AvgIpc) is 2.75. The molecular weight excluding hydrogens is 323 g/mol. The van der Waals surface area contributed by atoms with E-state index in [-0.39, 0.29) is 0 Å². The summed E-state index contributed by atoms with van der Waals surface area (Å²) in [4.78, 5) is 0. The number of hydrogen-bond donors (Lipinski definition) is 2. The van der Waals surface area contributed by atoms with E-state index in [1.165, 1.54) is 28.4 Å². The Balaban J connectivity index is 1.97. The van der Waals surface area contributed by atoms with Crippen LogP contribution in [0.5, 0.6) is 0 Å². The van der Waals surface area contributed by atoms with Crippen molar-refractivity contribution in [3.05, 3.63) is 33.4 Å². The monoisotopic (exact) mass is 344 g/mol. The summed E-state index contributed by atoms with van der Waals surface area (Å²) < 4.78 is 1.29. The zero-order chi connectivity index (χ0) is 12.3. The highest BCUT2D eigenvalue weighted by atomic mass is 127. The van der Waals surface area contributed by atoms with Crippen molar-refractivity contribution >= 4 is 22.6 Å². The molecule has 1 aliphatic rings. The topological polar surface area (TPSA) is 38.0 Å². The molecule has 2 rings (SSSR count). The predicted molar refractivity (Wildman–Crippen MR) is 80.5 cm³/mol. The fraction of sp³-hybridized carbons (Fsp3) is 0.571. The molecule has 1 aliphatic carbocycles. The normalized spacial score (nSPS) is 26.1. The first-order chi connectivity index (χ1) is 8.19. The molecule has 3 atom stereocenters. The largest absolute Gasteiger partial charge is 0.271 e. The zero-order valence-electron chi connectivity index (χ0n) is 10.3. The molecular formula is C14H21IN2. The van der Waals surface area contributed by atoms with Gasteiger partial charge < -0.3 is 0 Å². The molecule has 0 aliphatic heterocycles. The molecule has 3 N–H and O–H groups in total. The minimum Gasteiger partial charge on any atom is -0.271 e. The second kappa shape index (κ2) is 6.16. The van der Waals surface area contributed by atoms with Gasteiger partial charge in [0.05, 0.1) is 0 Å². The Morgan fingerprint density at radius 1 is 1.35 bits per heavy atom. The molecule has 0 amide bonds. The van der Waals surface area contributed by atoms with Gasteiger partial charge in [-0.15, -0.1) is 0 Å². The van der Waals surface area contributed by atoms with E-state index in [0.717, 1.165) is 18.3 Å². The minimum atomic E-state index is 0.431. The fourth-order valence-corrected chi connectivity index (χ4v) is 3.21. The highest BCUT2D eigenvalue weighted by Crippen LogP contribution is 2.33. The van der Waals surface area contributed by atoms with Gasteiger partial charge in [0.1, 0.15) is 0 Å². The van der Waals surface area contributed by atoms with E-state index >= 15 is 0 Å². The van der Waals surface area contributed by atoms with Crippen molar-refractivity contribution in [3.63, 3.8) is 0 Å². The molecule has 1 saturated carbocycles. The van der Waals surface area contributed by atoms with Gasteiger partial charge in [0.25, 0.3) is 0 Å². The van der Waals surface area contributed by atoms with Gasteiger partial charge >= 0.3 is 0 Å². The van der Waals surface area contributed by atoms with Gasteiger partial charge in [0.15, 0.2) is 0 Å². The molecule has 17 heavy (non-hydrogen) atoms. The van der Waals surface area contributed by atoms with E-state index in [4.69, 9.17) is 5.84 Å². The first-order valence-corrected chi connectivity index (χ1v) is 7.47. The number of benzene rings is 1. The van der Waals surface area contributed by atoms with Crippen LogP contribution in [0.3, 0.4) is 0 Å². The highest BCUT2D eigenvalue weighted by Gasteiger charge is 2.28. The second-order valence-electron chi connectivity index (χ2n) is 5.28. The first-order valence-electron chi connectivity index (χ1n) is 6.39. The van der Waals surface area contributed by atoms with E-state index < -0.39 is 0 Å². The maximum absolute atomic E-state index is 5.72. The molecule has 0 saturated heterocycles. The SMILES string of the molecule is CC1CCC(C(Cc2ccc(I)cc2)NN)C1. The van der Waals surface area contributed by atoms with Crippen molar-refractivity contribution in [2.24, 2.45) is 17.7 Å². The van der Waals surface area contributed by atoms with Gasteiger partial charge in [-0.3, -0.25) is 11.3 Å². The fourth-order valence-electron chi connectivity index (χ4n) is 2.85. The van der Waals surface area contributed by atoms with Crippen LogP contribution in [-0.4, -0.2) is 6.04 Å². The van der Waals surface area contributed by atoms with Crippen LogP contribution in [0.4, 0.5) is 0 Å². The van der Waals surface area contributed by atoms with Gasteiger partial charge in [0.2, 0.25) is 0 Å². The molecule has 0 heterocycles. The number of rotatable bonds is 4. The van der Waals surface area contributed by atoms with Crippen molar-refractivity contribution in [2.45, 2.75) is 38.6 Å². The van der Waals surface area contributed by atoms with Crippen molar-refractivity contribution < 1.29 is 0 Å². The molecule has 94 valence electrons. The summed E-state index contributed by atoms with van der Waals surface area (Å²) in [6.07, 6.45) is 5.04. The molecule has 2 nitrogen and oxygen atoms in total.